The molecule has 0 heterocycles. The van der Waals surface area contributed by atoms with Gasteiger partial charge in [-0.15, -0.1) is 0 Å². The van der Waals surface area contributed by atoms with Crippen molar-refractivity contribution in [3.63, 3.8) is 0 Å². The van der Waals surface area contributed by atoms with Gasteiger partial charge in [-0.1, -0.05) is 24.3 Å². The molecule has 0 saturated heterocycles. The summed E-state index contributed by atoms with van der Waals surface area (Å²) in [7, 11) is 0. The summed E-state index contributed by atoms with van der Waals surface area (Å²) < 4.78 is 36.7. The molecule has 3 nitrogen and oxygen atoms in total. The summed E-state index contributed by atoms with van der Waals surface area (Å²) >= 11 is 0. The van der Waals surface area contributed by atoms with Gasteiger partial charge in [-0.25, -0.2) is 0 Å². The molecule has 18 heavy (non-hydrogen) atoms. The van der Waals surface area contributed by atoms with Gasteiger partial charge in [-0.2, -0.15) is 13.2 Å². The number of alkyl halides is 3. The van der Waals surface area contributed by atoms with E-state index in [1.807, 2.05) is 5.32 Å². The number of hydrogen-bond acceptors (Lipinski definition) is 2. The van der Waals surface area contributed by atoms with E-state index in [4.69, 9.17) is 5.73 Å². The van der Waals surface area contributed by atoms with E-state index in [1.54, 1.807) is 24.3 Å². The zero-order valence-corrected chi connectivity index (χ0v) is 9.92. The quantitative estimate of drug-likeness (QED) is 0.866. The molecule has 0 aliphatic rings. The van der Waals surface area contributed by atoms with Crippen LogP contribution in [0.5, 0.6) is 0 Å². The fourth-order valence-electron chi connectivity index (χ4n) is 1.35. The average Bonchev–Trinajstić information content (AvgIpc) is 2.28. The minimum Gasteiger partial charge on any atom is -0.344 e. The van der Waals surface area contributed by atoms with Gasteiger partial charge in [0.15, 0.2) is 0 Å². The molecule has 1 rings (SSSR count). The molecule has 1 amide bonds. The highest BCUT2D eigenvalue weighted by Crippen LogP contribution is 2.19. The zero-order valence-electron chi connectivity index (χ0n) is 9.92. The predicted molar refractivity (Wildman–Crippen MR) is 61.7 cm³/mol. The molecule has 3 N–H and O–H groups in total. The van der Waals surface area contributed by atoms with Crippen molar-refractivity contribution in [3.8, 4) is 0 Å². The Bertz CT molecular complexity index is 401. The van der Waals surface area contributed by atoms with Gasteiger partial charge < -0.3 is 11.1 Å². The Balaban J connectivity index is 2.54. The molecule has 0 aliphatic carbocycles. The average molecular weight is 260 g/mol. The first kappa shape index (κ1) is 14.5. The van der Waals surface area contributed by atoms with Crippen LogP contribution in [-0.2, 0) is 17.8 Å². The van der Waals surface area contributed by atoms with Gasteiger partial charge in [-0.3, -0.25) is 4.79 Å². The van der Waals surface area contributed by atoms with E-state index in [9.17, 15) is 18.0 Å². The number of amides is 1. The minimum atomic E-state index is -4.42. The molecule has 1 atom stereocenters. The van der Waals surface area contributed by atoms with Crippen molar-refractivity contribution in [1.82, 2.24) is 5.32 Å². The van der Waals surface area contributed by atoms with E-state index >= 15 is 0 Å². The van der Waals surface area contributed by atoms with Gasteiger partial charge in [0.05, 0.1) is 6.42 Å². The molecule has 0 unspecified atom stereocenters. The topological polar surface area (TPSA) is 55.1 Å². The van der Waals surface area contributed by atoms with Gasteiger partial charge >= 0.3 is 6.18 Å². The van der Waals surface area contributed by atoms with Gasteiger partial charge in [0.2, 0.25) is 5.91 Å². The Morgan fingerprint density at radius 1 is 1.28 bits per heavy atom. The molecule has 6 heteroatoms. The lowest BCUT2D eigenvalue weighted by Crippen LogP contribution is -2.43. The predicted octanol–water partition coefficient (Wildman–Crippen LogP) is 1.75. The van der Waals surface area contributed by atoms with E-state index in [0.29, 0.717) is 12.1 Å². The highest BCUT2D eigenvalue weighted by atomic mass is 19.4. The second-order valence-corrected chi connectivity index (χ2v) is 4.03. The maximum absolute atomic E-state index is 12.2. The Hall–Kier alpha value is -1.56. The zero-order chi connectivity index (χ0) is 13.8. The minimum absolute atomic E-state index is 0.0781. The molecule has 0 bridgehead atoms. The van der Waals surface area contributed by atoms with Crippen LogP contribution in [0.4, 0.5) is 13.2 Å². The van der Waals surface area contributed by atoms with Crippen molar-refractivity contribution in [2.75, 3.05) is 0 Å². The molecular weight excluding hydrogens is 245 g/mol. The number of rotatable bonds is 4. The number of halogens is 3. The van der Waals surface area contributed by atoms with Crippen molar-refractivity contribution in [1.29, 1.82) is 0 Å². The number of carbonyl (C=O) groups is 1. The van der Waals surface area contributed by atoms with Crippen LogP contribution in [0.25, 0.3) is 0 Å². The van der Waals surface area contributed by atoms with E-state index in [1.165, 1.54) is 0 Å². The normalized spacial score (nSPS) is 13.2. The smallest absolute Gasteiger partial charge is 0.344 e. The summed E-state index contributed by atoms with van der Waals surface area (Å²) in [5.74, 6) is -0.652. The number of carbonyl (C=O) groups excluding carboxylic acids is 1. The highest BCUT2D eigenvalue weighted by molar-refractivity contribution is 5.78. The molecule has 0 radical (unpaired) electrons. The molecule has 100 valence electrons. The molecule has 0 spiro atoms. The van der Waals surface area contributed by atoms with Crippen LogP contribution < -0.4 is 11.1 Å². The Morgan fingerprint density at radius 2 is 1.78 bits per heavy atom. The summed E-state index contributed by atoms with van der Waals surface area (Å²) in [5, 5.41) is 1.91. The third-order valence-corrected chi connectivity index (χ3v) is 2.49. The van der Waals surface area contributed by atoms with Gasteiger partial charge in [0.1, 0.15) is 6.04 Å². The highest BCUT2D eigenvalue weighted by Gasteiger charge is 2.36. The van der Waals surface area contributed by atoms with Crippen molar-refractivity contribution in [2.45, 2.75) is 32.1 Å². The molecule has 0 saturated carbocycles. The molecular formula is C12H15F3N2O. The third kappa shape index (κ3) is 4.37. The lowest BCUT2D eigenvalue weighted by Gasteiger charge is -2.17. The lowest BCUT2D eigenvalue weighted by molar-refractivity contribution is -0.157. The summed E-state index contributed by atoms with van der Waals surface area (Å²) in [6.45, 7) is 1.30. The standard InChI is InChI=1S/C12H15F3N2O/c1-8(12(13,14)15)17-11(18)6-9-2-4-10(7-16)5-3-9/h2-5,8H,6-7,16H2,1H3,(H,17,18)/t8-/m1/s1. The van der Waals surface area contributed by atoms with E-state index < -0.39 is 18.1 Å². The Kier molecular flexibility index (Phi) is 4.72. The first-order valence-corrected chi connectivity index (χ1v) is 5.47. The second kappa shape index (κ2) is 5.86. The summed E-state index contributed by atoms with van der Waals surface area (Å²) in [6, 6.07) is 5.01. The van der Waals surface area contributed by atoms with Crippen LogP contribution in [0.15, 0.2) is 24.3 Å². The molecule has 1 aromatic rings. The molecule has 1 aromatic carbocycles. The molecule has 0 aliphatic heterocycles. The van der Waals surface area contributed by atoms with Crippen LogP contribution in [-0.4, -0.2) is 18.1 Å². The van der Waals surface area contributed by atoms with Gasteiger partial charge in [0.25, 0.3) is 0 Å². The number of hydrogen-bond donors (Lipinski definition) is 2. The van der Waals surface area contributed by atoms with Crippen molar-refractivity contribution < 1.29 is 18.0 Å². The third-order valence-electron chi connectivity index (χ3n) is 2.49. The summed E-state index contributed by atoms with van der Waals surface area (Å²) in [4.78, 5) is 11.4. The van der Waals surface area contributed by atoms with Crippen molar-refractivity contribution in [3.05, 3.63) is 35.4 Å². The van der Waals surface area contributed by atoms with Crippen molar-refractivity contribution >= 4 is 5.91 Å². The maximum atomic E-state index is 12.2. The number of benzene rings is 1. The second-order valence-electron chi connectivity index (χ2n) is 4.03. The van der Waals surface area contributed by atoms with Gasteiger partial charge in [0, 0.05) is 6.54 Å². The van der Waals surface area contributed by atoms with Gasteiger partial charge in [-0.05, 0) is 18.1 Å². The first-order chi connectivity index (χ1) is 8.32. The SMILES string of the molecule is C[C@@H](NC(=O)Cc1ccc(CN)cc1)C(F)(F)F. The van der Waals surface area contributed by atoms with Crippen LogP contribution in [0.2, 0.25) is 0 Å². The Morgan fingerprint density at radius 3 is 2.22 bits per heavy atom. The van der Waals surface area contributed by atoms with Crippen LogP contribution >= 0.6 is 0 Å². The fraction of sp³-hybridized carbons (Fsp3) is 0.417. The number of nitrogens with two attached hydrogens (primary N) is 1. The lowest BCUT2D eigenvalue weighted by atomic mass is 10.1. The maximum Gasteiger partial charge on any atom is 0.408 e. The number of nitrogens with one attached hydrogen (secondary N) is 1. The van der Waals surface area contributed by atoms with E-state index in [0.717, 1.165) is 12.5 Å². The first-order valence-electron chi connectivity index (χ1n) is 5.47. The van der Waals surface area contributed by atoms with Crippen molar-refractivity contribution in [2.24, 2.45) is 5.73 Å². The monoisotopic (exact) mass is 260 g/mol. The fourth-order valence-corrected chi connectivity index (χ4v) is 1.35. The summed E-state index contributed by atoms with van der Waals surface area (Å²) in [5.41, 5.74) is 6.97. The summed E-state index contributed by atoms with van der Waals surface area (Å²) in [6.07, 6.45) is -4.50. The van der Waals surface area contributed by atoms with Crippen LogP contribution in [0, 0.1) is 0 Å². The van der Waals surface area contributed by atoms with E-state index in [-0.39, 0.29) is 6.42 Å². The van der Waals surface area contributed by atoms with Crippen LogP contribution in [0.3, 0.4) is 0 Å². The van der Waals surface area contributed by atoms with Crippen LogP contribution in [0.1, 0.15) is 18.1 Å². The Labute approximate surface area is 103 Å². The molecule has 0 fully saturated rings. The molecule has 0 aromatic heterocycles. The van der Waals surface area contributed by atoms with E-state index in [2.05, 4.69) is 0 Å². The largest absolute Gasteiger partial charge is 0.408 e.